The third-order valence-corrected chi connectivity index (χ3v) is 9.39. The zero-order chi connectivity index (χ0) is 35.2. The maximum atomic E-state index is 14.3. The Morgan fingerprint density at radius 3 is 2.48 bits per heavy atom. The molecular formula is C38H45N7O5. The molecule has 2 N–H and O–H groups in total. The summed E-state index contributed by atoms with van der Waals surface area (Å²) in [4.78, 5) is 59.1. The average Bonchev–Trinajstić information content (AvgIpc) is 3.45. The zero-order valence-corrected chi connectivity index (χ0v) is 28.9. The van der Waals surface area contributed by atoms with Gasteiger partial charge >= 0.3 is 12.1 Å². The Labute approximate surface area is 292 Å². The Balaban J connectivity index is 1.22. The first-order valence-corrected chi connectivity index (χ1v) is 17.1. The highest BCUT2D eigenvalue weighted by Gasteiger charge is 2.51. The summed E-state index contributed by atoms with van der Waals surface area (Å²) in [6, 6.07) is 20.0. The SMILES string of the molecule is CN(C)CCNC(=O)Oc1ccc(C[C@H]2C(=O)N(Cc3cccc4ccccc34)C[C@H]3N2C(=O)CN3N(C)C(=O)NCC2=CCCC=C2)cc1. The maximum absolute atomic E-state index is 14.3. The Bertz CT molecular complexity index is 1780. The molecule has 0 spiro atoms. The van der Waals surface area contributed by atoms with Crippen LogP contribution in [0.3, 0.4) is 0 Å². The van der Waals surface area contributed by atoms with Crippen LogP contribution in [0.4, 0.5) is 9.59 Å². The van der Waals surface area contributed by atoms with E-state index in [4.69, 9.17) is 4.74 Å². The molecule has 5 amide bonds. The number of carbonyl (C=O) groups is 4. The molecule has 6 rings (SSSR count). The fourth-order valence-corrected chi connectivity index (χ4v) is 6.74. The van der Waals surface area contributed by atoms with E-state index in [1.54, 1.807) is 46.1 Å². The molecule has 2 aliphatic heterocycles. The van der Waals surface area contributed by atoms with Crippen LogP contribution < -0.4 is 15.4 Å². The second-order valence-corrected chi connectivity index (χ2v) is 13.2. The summed E-state index contributed by atoms with van der Waals surface area (Å²) in [6.45, 7) is 2.10. The van der Waals surface area contributed by atoms with Crippen molar-refractivity contribution >= 4 is 34.7 Å². The van der Waals surface area contributed by atoms with Crippen molar-refractivity contribution < 1.29 is 23.9 Å². The number of piperazine rings is 1. The number of amides is 5. The predicted octanol–water partition coefficient (Wildman–Crippen LogP) is 3.75. The minimum absolute atomic E-state index is 0.0290. The van der Waals surface area contributed by atoms with Crippen LogP contribution in [0.2, 0.25) is 0 Å². The molecule has 0 unspecified atom stereocenters. The molecule has 2 heterocycles. The molecule has 50 heavy (non-hydrogen) atoms. The van der Waals surface area contributed by atoms with Crippen LogP contribution >= 0.6 is 0 Å². The van der Waals surface area contributed by atoms with Crippen LogP contribution in [0.15, 0.2) is 90.5 Å². The number of hydrogen-bond donors (Lipinski definition) is 2. The Hall–Kier alpha value is -5.20. The van der Waals surface area contributed by atoms with E-state index in [1.165, 1.54) is 5.01 Å². The smallest absolute Gasteiger partial charge is 0.410 e. The molecule has 0 bridgehead atoms. The molecule has 0 saturated carbocycles. The highest BCUT2D eigenvalue weighted by atomic mass is 16.6. The molecule has 3 aliphatic rings. The van der Waals surface area contributed by atoms with Crippen molar-refractivity contribution in [3.05, 3.63) is 102 Å². The quantitative estimate of drug-likeness (QED) is 0.317. The van der Waals surface area contributed by atoms with Gasteiger partial charge in [-0.05, 0) is 66.5 Å². The van der Waals surface area contributed by atoms with Gasteiger partial charge in [0.1, 0.15) is 18.0 Å². The largest absolute Gasteiger partial charge is 0.412 e. The van der Waals surface area contributed by atoms with Crippen LogP contribution in [0.25, 0.3) is 10.8 Å². The normalized spacial score (nSPS) is 19.1. The van der Waals surface area contributed by atoms with Crippen LogP contribution in [-0.4, -0.2) is 115 Å². The number of nitrogens with one attached hydrogen (secondary N) is 2. The summed E-state index contributed by atoms with van der Waals surface area (Å²) in [6.07, 6.45) is 7.33. The summed E-state index contributed by atoms with van der Waals surface area (Å²) in [7, 11) is 5.50. The number of ether oxygens (including phenoxy) is 1. The lowest BCUT2D eigenvalue weighted by molar-refractivity contribution is -0.157. The Morgan fingerprint density at radius 1 is 0.940 bits per heavy atom. The van der Waals surface area contributed by atoms with E-state index < -0.39 is 18.3 Å². The number of hydrogen-bond acceptors (Lipinski definition) is 7. The number of benzene rings is 3. The van der Waals surface area contributed by atoms with Gasteiger partial charge in [-0.1, -0.05) is 72.8 Å². The number of allylic oxidation sites excluding steroid dienone is 2. The minimum atomic E-state index is -0.795. The molecular weight excluding hydrogens is 634 g/mol. The van der Waals surface area contributed by atoms with E-state index in [9.17, 15) is 19.2 Å². The van der Waals surface area contributed by atoms with Gasteiger partial charge in [0.15, 0.2) is 0 Å². The van der Waals surface area contributed by atoms with Crippen LogP contribution in [0, 0.1) is 0 Å². The second kappa shape index (κ2) is 15.6. The number of carbonyl (C=O) groups excluding carboxylic acids is 4. The third kappa shape index (κ3) is 7.98. The molecule has 2 saturated heterocycles. The first-order valence-electron chi connectivity index (χ1n) is 17.1. The van der Waals surface area contributed by atoms with Crippen molar-refractivity contribution in [2.24, 2.45) is 0 Å². The average molecular weight is 680 g/mol. The number of fused-ring (bicyclic) bond motifs is 2. The van der Waals surface area contributed by atoms with Crippen molar-refractivity contribution in [3.8, 4) is 5.75 Å². The maximum Gasteiger partial charge on any atom is 0.412 e. The summed E-state index contributed by atoms with van der Waals surface area (Å²) in [5, 5.41) is 11.1. The molecule has 12 nitrogen and oxygen atoms in total. The molecule has 3 aromatic carbocycles. The highest BCUT2D eigenvalue weighted by molar-refractivity contribution is 5.92. The molecule has 0 radical (unpaired) electrons. The predicted molar refractivity (Wildman–Crippen MR) is 191 cm³/mol. The molecule has 1 aliphatic carbocycles. The number of likely N-dealkylation sites (N-methyl/N-ethyl adjacent to an activating group) is 1. The van der Waals surface area contributed by atoms with E-state index in [1.807, 2.05) is 61.5 Å². The number of rotatable bonds is 11. The summed E-state index contributed by atoms with van der Waals surface area (Å²) in [5.41, 5.74) is 2.86. The lowest BCUT2D eigenvalue weighted by Gasteiger charge is -2.46. The van der Waals surface area contributed by atoms with Crippen molar-refractivity contribution in [1.29, 1.82) is 0 Å². The summed E-state index contributed by atoms with van der Waals surface area (Å²) >= 11 is 0. The Kier molecular flexibility index (Phi) is 10.8. The highest BCUT2D eigenvalue weighted by Crippen LogP contribution is 2.31. The van der Waals surface area contributed by atoms with Crippen molar-refractivity contribution in [3.63, 3.8) is 0 Å². The van der Waals surface area contributed by atoms with Gasteiger partial charge in [0.05, 0.1) is 13.1 Å². The van der Waals surface area contributed by atoms with Crippen molar-refractivity contribution in [1.82, 2.24) is 35.4 Å². The fraction of sp³-hybridized carbons (Fsp3) is 0.368. The lowest BCUT2D eigenvalue weighted by atomic mass is 9.99. The molecule has 2 fully saturated rings. The Morgan fingerprint density at radius 2 is 1.72 bits per heavy atom. The van der Waals surface area contributed by atoms with Gasteiger partial charge in [-0.3, -0.25) is 14.6 Å². The fourth-order valence-electron chi connectivity index (χ4n) is 6.74. The molecule has 0 aromatic heterocycles. The summed E-state index contributed by atoms with van der Waals surface area (Å²) in [5.74, 6) is -0.00438. The topological polar surface area (TPSA) is 118 Å². The standard InChI is InChI=1S/C38H45N7O5/c1-41(2)21-20-39-38(49)50-31-18-16-27(17-19-31)22-33-36(47)43(24-30-14-9-13-29-12-7-8-15-32(29)30)25-34-44(26-35(46)45(33)34)42(3)37(48)40-23-28-10-5-4-6-11-28/h5,7-19,33-34H,4,6,20-26H2,1-3H3,(H,39,49)(H,40,48)/t33-,34+/m0/s1. The van der Waals surface area contributed by atoms with Crippen molar-refractivity contribution in [2.75, 3.05) is 53.9 Å². The van der Waals surface area contributed by atoms with E-state index in [2.05, 4.69) is 28.9 Å². The molecule has 3 aromatic rings. The van der Waals surface area contributed by atoms with Gasteiger partial charge in [0, 0.05) is 39.6 Å². The third-order valence-electron chi connectivity index (χ3n) is 9.39. The van der Waals surface area contributed by atoms with Crippen molar-refractivity contribution in [2.45, 2.75) is 38.0 Å². The van der Waals surface area contributed by atoms with E-state index in [0.717, 1.165) is 40.3 Å². The van der Waals surface area contributed by atoms with Crippen LogP contribution in [0.1, 0.15) is 24.0 Å². The summed E-state index contributed by atoms with van der Waals surface area (Å²) < 4.78 is 5.42. The van der Waals surface area contributed by atoms with Crippen LogP contribution in [-0.2, 0) is 22.6 Å². The number of urea groups is 1. The molecule has 12 heteroatoms. The van der Waals surface area contributed by atoms with E-state index in [-0.39, 0.29) is 37.4 Å². The monoisotopic (exact) mass is 679 g/mol. The van der Waals surface area contributed by atoms with Gasteiger partial charge in [0.25, 0.3) is 0 Å². The zero-order valence-electron chi connectivity index (χ0n) is 28.9. The van der Waals surface area contributed by atoms with Gasteiger partial charge in [0.2, 0.25) is 11.8 Å². The van der Waals surface area contributed by atoms with E-state index in [0.29, 0.717) is 31.9 Å². The number of nitrogens with zero attached hydrogens (tertiary/aromatic N) is 5. The lowest BCUT2D eigenvalue weighted by Crippen LogP contribution is -2.65. The molecule has 2 atom stereocenters. The van der Waals surface area contributed by atoms with Gasteiger partial charge < -0.3 is 30.1 Å². The first kappa shape index (κ1) is 34.7. The number of hydrazine groups is 1. The van der Waals surface area contributed by atoms with Gasteiger partial charge in [-0.25, -0.2) is 9.59 Å². The minimum Gasteiger partial charge on any atom is -0.410 e. The van der Waals surface area contributed by atoms with Gasteiger partial charge in [-0.2, -0.15) is 5.01 Å². The second-order valence-electron chi connectivity index (χ2n) is 13.2. The first-order chi connectivity index (χ1) is 24.2. The van der Waals surface area contributed by atoms with Crippen LogP contribution in [0.5, 0.6) is 5.75 Å². The molecule has 262 valence electrons. The van der Waals surface area contributed by atoms with E-state index >= 15 is 0 Å². The van der Waals surface area contributed by atoms with Gasteiger partial charge in [-0.15, -0.1) is 0 Å².